The third-order valence-corrected chi connectivity index (χ3v) is 4.78. The van der Waals surface area contributed by atoms with Gasteiger partial charge in [0.1, 0.15) is 5.54 Å². The second-order valence-electron chi connectivity index (χ2n) is 4.46. The van der Waals surface area contributed by atoms with Crippen LogP contribution in [0.25, 0.3) is 0 Å². The number of carboxylic acid groups (broad SMARTS) is 1. The Morgan fingerprint density at radius 3 is 2.44 bits per heavy atom. The van der Waals surface area contributed by atoms with Gasteiger partial charge >= 0.3 is 5.97 Å². The van der Waals surface area contributed by atoms with E-state index < -0.39 is 17.0 Å². The Morgan fingerprint density at radius 2 is 2.12 bits per heavy atom. The van der Waals surface area contributed by atoms with Crippen LogP contribution in [0.2, 0.25) is 0 Å². The first-order chi connectivity index (χ1) is 7.54. The van der Waals surface area contributed by atoms with Gasteiger partial charge in [-0.05, 0) is 25.0 Å². The summed E-state index contributed by atoms with van der Waals surface area (Å²) in [6, 6.07) is 0. The molecule has 1 unspecified atom stereocenters. The number of carboxylic acids is 1. The van der Waals surface area contributed by atoms with Crippen molar-refractivity contribution in [1.29, 1.82) is 0 Å². The van der Waals surface area contributed by atoms with Crippen LogP contribution in [0.3, 0.4) is 0 Å². The van der Waals surface area contributed by atoms with Crippen molar-refractivity contribution in [2.45, 2.75) is 44.2 Å². The largest absolute Gasteiger partial charge is 0.480 e. The van der Waals surface area contributed by atoms with Gasteiger partial charge in [-0.25, -0.2) is 0 Å². The average molecular weight is 247 g/mol. The van der Waals surface area contributed by atoms with Gasteiger partial charge in [0, 0.05) is 11.3 Å². The van der Waals surface area contributed by atoms with Gasteiger partial charge in [-0.15, -0.1) is 0 Å². The van der Waals surface area contributed by atoms with E-state index in [1.54, 1.807) is 11.8 Å². The molecule has 5 heteroatoms. The molecule has 0 bridgehead atoms. The molecule has 4 nitrogen and oxygen atoms in total. The monoisotopic (exact) mass is 247 g/mol. The van der Waals surface area contributed by atoms with E-state index in [4.69, 9.17) is 0 Å². The van der Waals surface area contributed by atoms with Crippen LogP contribution in [0.15, 0.2) is 0 Å². The summed E-state index contributed by atoms with van der Waals surface area (Å²) in [6.45, 7) is 3.94. The molecule has 3 N–H and O–H groups in total. The number of aliphatic hydroxyl groups is 1. The van der Waals surface area contributed by atoms with Crippen LogP contribution in [0.1, 0.15) is 33.1 Å². The summed E-state index contributed by atoms with van der Waals surface area (Å²) in [5.74, 6) is 0.662. The summed E-state index contributed by atoms with van der Waals surface area (Å²) >= 11 is 1.66. The van der Waals surface area contributed by atoms with Crippen LogP contribution >= 0.6 is 11.8 Å². The van der Waals surface area contributed by atoms with Gasteiger partial charge in [0.15, 0.2) is 0 Å². The minimum Gasteiger partial charge on any atom is -0.480 e. The standard InChI is InChI=1S/C11H21NO3S/c1-3-10(4-2,7-13)12-11(9(14)15)5-6-16-8-11/h12-13H,3-8H2,1-2H3,(H,14,15). The van der Waals surface area contributed by atoms with Crippen molar-refractivity contribution in [3.63, 3.8) is 0 Å². The molecule has 0 saturated carbocycles. The second-order valence-corrected chi connectivity index (χ2v) is 5.57. The zero-order chi connectivity index (χ0) is 12.2. The van der Waals surface area contributed by atoms with E-state index in [1.165, 1.54) is 0 Å². The van der Waals surface area contributed by atoms with E-state index in [1.807, 2.05) is 13.8 Å². The van der Waals surface area contributed by atoms with E-state index in [0.29, 0.717) is 12.2 Å². The van der Waals surface area contributed by atoms with Crippen LogP contribution in [0, 0.1) is 0 Å². The van der Waals surface area contributed by atoms with Gasteiger partial charge in [-0.2, -0.15) is 11.8 Å². The normalized spacial score (nSPS) is 25.9. The van der Waals surface area contributed by atoms with Crippen molar-refractivity contribution >= 4 is 17.7 Å². The first-order valence-corrected chi connectivity index (χ1v) is 6.91. The number of thioether (sulfide) groups is 1. The lowest BCUT2D eigenvalue weighted by Gasteiger charge is -2.39. The molecule has 1 fully saturated rings. The lowest BCUT2D eigenvalue weighted by molar-refractivity contribution is -0.145. The Kier molecular flexibility index (Phi) is 4.64. The molecular weight excluding hydrogens is 226 g/mol. The predicted octanol–water partition coefficient (Wildman–Crippen LogP) is 1.09. The molecule has 1 saturated heterocycles. The maximum absolute atomic E-state index is 11.4. The maximum atomic E-state index is 11.4. The van der Waals surface area contributed by atoms with Crippen molar-refractivity contribution in [2.75, 3.05) is 18.1 Å². The van der Waals surface area contributed by atoms with Gasteiger partial charge in [0.2, 0.25) is 0 Å². The molecule has 0 spiro atoms. The van der Waals surface area contributed by atoms with Crippen LogP contribution in [0.4, 0.5) is 0 Å². The van der Waals surface area contributed by atoms with Crippen LogP contribution in [-0.2, 0) is 4.79 Å². The number of hydrogen-bond acceptors (Lipinski definition) is 4. The Hall–Kier alpha value is -0.260. The first-order valence-electron chi connectivity index (χ1n) is 5.75. The molecule has 1 rings (SSSR count). The summed E-state index contributed by atoms with van der Waals surface area (Å²) in [5, 5.41) is 22.0. The molecule has 0 aromatic heterocycles. The van der Waals surface area contributed by atoms with Crippen molar-refractivity contribution in [3.8, 4) is 0 Å². The van der Waals surface area contributed by atoms with Gasteiger partial charge in [0.25, 0.3) is 0 Å². The Morgan fingerprint density at radius 1 is 1.50 bits per heavy atom. The summed E-state index contributed by atoms with van der Waals surface area (Å²) in [5.41, 5.74) is -1.30. The molecule has 1 atom stereocenters. The zero-order valence-electron chi connectivity index (χ0n) is 9.95. The quantitative estimate of drug-likeness (QED) is 0.655. The smallest absolute Gasteiger partial charge is 0.324 e. The number of aliphatic carboxylic acids is 1. The topological polar surface area (TPSA) is 69.6 Å². The highest BCUT2D eigenvalue weighted by Crippen LogP contribution is 2.31. The van der Waals surface area contributed by atoms with Gasteiger partial charge in [0.05, 0.1) is 6.61 Å². The first kappa shape index (κ1) is 13.8. The highest BCUT2D eigenvalue weighted by Gasteiger charge is 2.46. The highest BCUT2D eigenvalue weighted by atomic mass is 32.2. The molecule has 1 aliphatic rings. The van der Waals surface area contributed by atoms with Crippen molar-refractivity contribution in [2.24, 2.45) is 0 Å². The fraction of sp³-hybridized carbons (Fsp3) is 0.909. The lowest BCUT2D eigenvalue weighted by atomic mass is 9.87. The molecule has 1 heterocycles. The van der Waals surface area contributed by atoms with Crippen molar-refractivity contribution < 1.29 is 15.0 Å². The molecule has 16 heavy (non-hydrogen) atoms. The lowest BCUT2D eigenvalue weighted by Crippen LogP contribution is -2.63. The maximum Gasteiger partial charge on any atom is 0.324 e. The highest BCUT2D eigenvalue weighted by molar-refractivity contribution is 7.99. The molecule has 0 amide bonds. The van der Waals surface area contributed by atoms with E-state index in [0.717, 1.165) is 18.6 Å². The van der Waals surface area contributed by atoms with E-state index in [2.05, 4.69) is 5.32 Å². The molecular formula is C11H21NO3S. The number of hydrogen-bond donors (Lipinski definition) is 3. The van der Waals surface area contributed by atoms with Crippen molar-refractivity contribution in [1.82, 2.24) is 5.32 Å². The number of carbonyl (C=O) groups is 1. The van der Waals surface area contributed by atoms with Gasteiger partial charge in [-0.3, -0.25) is 10.1 Å². The fourth-order valence-electron chi connectivity index (χ4n) is 2.08. The molecule has 0 aliphatic carbocycles. The van der Waals surface area contributed by atoms with E-state index in [9.17, 15) is 15.0 Å². The van der Waals surface area contributed by atoms with Crippen LogP contribution < -0.4 is 5.32 Å². The van der Waals surface area contributed by atoms with Crippen LogP contribution in [0.5, 0.6) is 0 Å². The number of rotatable bonds is 6. The molecule has 94 valence electrons. The second kappa shape index (κ2) is 5.38. The summed E-state index contributed by atoms with van der Waals surface area (Å²) in [6.07, 6.45) is 2.11. The Bertz CT molecular complexity index is 239. The van der Waals surface area contributed by atoms with Crippen LogP contribution in [-0.4, -0.2) is 45.4 Å². The molecule has 0 aromatic carbocycles. The minimum atomic E-state index is -0.848. The number of aliphatic hydroxyl groups excluding tert-OH is 1. The fourth-order valence-corrected chi connectivity index (χ4v) is 3.41. The Balaban J connectivity index is 2.85. The van der Waals surface area contributed by atoms with E-state index in [-0.39, 0.29) is 6.61 Å². The summed E-state index contributed by atoms with van der Waals surface area (Å²) in [4.78, 5) is 11.4. The minimum absolute atomic E-state index is 0.0142. The summed E-state index contributed by atoms with van der Waals surface area (Å²) < 4.78 is 0. The SMILES string of the molecule is CCC(CC)(CO)NC1(C(=O)O)CCSC1. The third kappa shape index (κ3) is 2.52. The van der Waals surface area contributed by atoms with E-state index >= 15 is 0 Å². The molecule has 0 aromatic rings. The van der Waals surface area contributed by atoms with Gasteiger partial charge in [-0.1, -0.05) is 13.8 Å². The molecule has 0 radical (unpaired) electrons. The van der Waals surface area contributed by atoms with Crippen molar-refractivity contribution in [3.05, 3.63) is 0 Å². The molecule has 1 aliphatic heterocycles. The Labute approximate surface area is 101 Å². The average Bonchev–Trinajstić information content (AvgIpc) is 2.76. The number of nitrogens with one attached hydrogen (secondary N) is 1. The predicted molar refractivity (Wildman–Crippen MR) is 65.8 cm³/mol. The zero-order valence-corrected chi connectivity index (χ0v) is 10.8. The van der Waals surface area contributed by atoms with Gasteiger partial charge < -0.3 is 10.2 Å². The summed E-state index contributed by atoms with van der Waals surface area (Å²) in [7, 11) is 0. The third-order valence-electron chi connectivity index (χ3n) is 3.59.